The molecule has 2 rings (SSSR count). The van der Waals surface area contributed by atoms with Crippen LogP contribution in [0.5, 0.6) is 0 Å². The quantitative estimate of drug-likeness (QED) is 0.187. The van der Waals surface area contributed by atoms with Gasteiger partial charge in [0.1, 0.15) is 7.05 Å². The highest BCUT2D eigenvalue weighted by Crippen LogP contribution is 2.24. The van der Waals surface area contributed by atoms with Crippen LogP contribution < -0.4 is 4.90 Å². The summed E-state index contributed by atoms with van der Waals surface area (Å²) in [6.07, 6.45) is 9.22. The van der Waals surface area contributed by atoms with E-state index in [1.165, 1.54) is 33.9 Å². The molecule has 0 heterocycles. The number of nitrogens with zero attached hydrogens (tertiary/aromatic N) is 2. The first kappa shape index (κ1) is 25.1. The van der Waals surface area contributed by atoms with Crippen LogP contribution in [0.3, 0.4) is 0 Å². The molecule has 4 heteroatoms. The molecule has 0 unspecified atom stereocenters. The van der Waals surface area contributed by atoms with Crippen molar-refractivity contribution in [2.75, 3.05) is 18.5 Å². The minimum absolute atomic E-state index is 0.242. The predicted molar refractivity (Wildman–Crippen MR) is 135 cm³/mol. The van der Waals surface area contributed by atoms with Gasteiger partial charge in [-0.2, -0.15) is 4.58 Å². The van der Waals surface area contributed by atoms with Crippen molar-refractivity contribution in [2.24, 2.45) is 0 Å². The van der Waals surface area contributed by atoms with Crippen LogP contribution in [0.15, 0.2) is 72.5 Å². The van der Waals surface area contributed by atoms with Gasteiger partial charge in [-0.3, -0.25) is 4.79 Å². The van der Waals surface area contributed by atoms with Crippen molar-refractivity contribution < 1.29 is 14.5 Å². The molecular weight excluding hydrogens is 396 g/mol. The van der Waals surface area contributed by atoms with Crippen molar-refractivity contribution in [2.45, 2.75) is 53.4 Å². The number of hydrogen-bond donors (Lipinski definition) is 1. The van der Waals surface area contributed by atoms with Crippen molar-refractivity contribution in [3.05, 3.63) is 83.6 Å². The molecule has 0 aliphatic heterocycles. The summed E-state index contributed by atoms with van der Waals surface area (Å²) in [4.78, 5) is 13.1. The number of rotatable bonds is 11. The number of carboxylic acid groups (broad SMARTS) is 1. The van der Waals surface area contributed by atoms with Crippen LogP contribution in [0.25, 0.3) is 0 Å². The molecule has 170 valence electrons. The van der Waals surface area contributed by atoms with E-state index in [4.69, 9.17) is 5.11 Å². The molecule has 0 aliphatic carbocycles. The molecule has 2 aromatic carbocycles. The standard InChI is InChI=1S/C28H36N2O2/c1-22-14-8-10-18-26(22)29(5)24(3)16-13-17-25(4)30(21-12-6-7-20-28(31)32)27-19-11-9-15-23(27)2/h8-11,13-19H,6-7,12,20-21H2,1-5H3/p+1. The van der Waals surface area contributed by atoms with E-state index in [0.29, 0.717) is 0 Å². The molecule has 0 bridgehead atoms. The Balaban J connectivity index is 2.17. The molecule has 2 aromatic rings. The summed E-state index contributed by atoms with van der Waals surface area (Å²) < 4.78 is 2.20. The highest BCUT2D eigenvalue weighted by atomic mass is 16.4. The first-order valence-electron chi connectivity index (χ1n) is 11.3. The van der Waals surface area contributed by atoms with Gasteiger partial charge in [-0.05, 0) is 51.3 Å². The lowest BCUT2D eigenvalue weighted by Crippen LogP contribution is -2.23. The lowest BCUT2D eigenvalue weighted by molar-refractivity contribution is -0.405. The zero-order valence-corrected chi connectivity index (χ0v) is 20.1. The number of para-hydroxylation sites is 2. The molecule has 0 saturated carbocycles. The van der Waals surface area contributed by atoms with Gasteiger partial charge in [-0.25, -0.2) is 0 Å². The van der Waals surface area contributed by atoms with Gasteiger partial charge in [0.25, 0.3) is 0 Å². The van der Waals surface area contributed by atoms with Crippen LogP contribution in [0.2, 0.25) is 0 Å². The summed E-state index contributed by atoms with van der Waals surface area (Å²) in [5.74, 6) is -0.718. The van der Waals surface area contributed by atoms with Gasteiger partial charge in [0, 0.05) is 49.0 Å². The van der Waals surface area contributed by atoms with Crippen molar-refractivity contribution in [1.82, 2.24) is 0 Å². The topological polar surface area (TPSA) is 43.5 Å². The first-order valence-corrected chi connectivity index (χ1v) is 11.3. The molecule has 0 amide bonds. The average molecular weight is 434 g/mol. The SMILES string of the molecule is C\C(=C/C=C/C(C)=[N+](\C)c1ccccc1C)N(CCCCCC(=O)O)c1ccccc1C. The Morgan fingerprint density at radius 2 is 1.62 bits per heavy atom. The fraction of sp³-hybridized carbons (Fsp3) is 0.357. The van der Waals surface area contributed by atoms with E-state index in [1.807, 2.05) is 0 Å². The lowest BCUT2D eigenvalue weighted by Gasteiger charge is -2.27. The summed E-state index contributed by atoms with van der Waals surface area (Å²) >= 11 is 0. The van der Waals surface area contributed by atoms with Gasteiger partial charge in [0.15, 0.2) is 5.71 Å². The Bertz CT molecular complexity index is 1000. The van der Waals surface area contributed by atoms with Crippen LogP contribution in [0, 0.1) is 13.8 Å². The second-order valence-corrected chi connectivity index (χ2v) is 8.30. The van der Waals surface area contributed by atoms with Gasteiger partial charge >= 0.3 is 5.97 Å². The molecule has 0 spiro atoms. The Hall–Kier alpha value is -3.14. The molecule has 4 nitrogen and oxygen atoms in total. The van der Waals surface area contributed by atoms with Gasteiger partial charge in [0.05, 0.1) is 0 Å². The monoisotopic (exact) mass is 433 g/mol. The molecule has 0 aromatic heterocycles. The minimum Gasteiger partial charge on any atom is -0.481 e. The number of carboxylic acids is 1. The van der Waals surface area contributed by atoms with Crippen LogP contribution in [0.1, 0.15) is 50.7 Å². The molecule has 32 heavy (non-hydrogen) atoms. The zero-order chi connectivity index (χ0) is 23.5. The maximum Gasteiger partial charge on any atom is 0.303 e. The second kappa shape index (κ2) is 12.7. The van der Waals surface area contributed by atoms with E-state index in [1.54, 1.807) is 0 Å². The Morgan fingerprint density at radius 1 is 0.969 bits per heavy atom. The largest absolute Gasteiger partial charge is 0.481 e. The summed E-state index contributed by atoms with van der Waals surface area (Å²) in [5, 5.41) is 8.86. The van der Waals surface area contributed by atoms with Gasteiger partial charge < -0.3 is 10.0 Å². The third kappa shape index (κ3) is 7.52. The second-order valence-electron chi connectivity index (χ2n) is 8.30. The summed E-state index contributed by atoms with van der Waals surface area (Å²) in [6, 6.07) is 16.8. The number of unbranched alkanes of at least 4 members (excludes halogenated alkanes) is 2. The zero-order valence-electron chi connectivity index (χ0n) is 20.1. The number of anilines is 1. The van der Waals surface area contributed by atoms with Gasteiger partial charge in [0.2, 0.25) is 5.69 Å². The van der Waals surface area contributed by atoms with E-state index >= 15 is 0 Å². The smallest absolute Gasteiger partial charge is 0.303 e. The molecule has 0 fully saturated rings. The van der Waals surface area contributed by atoms with Crippen molar-refractivity contribution in [3.8, 4) is 0 Å². The summed E-state index contributed by atoms with van der Waals surface area (Å²) in [6.45, 7) is 9.38. The maximum atomic E-state index is 10.8. The molecule has 0 radical (unpaired) electrons. The Kier molecular flexibility index (Phi) is 9.93. The van der Waals surface area contributed by atoms with Gasteiger partial charge in [-0.1, -0.05) is 48.9 Å². The van der Waals surface area contributed by atoms with E-state index < -0.39 is 5.97 Å². The third-order valence-electron chi connectivity index (χ3n) is 5.79. The van der Waals surface area contributed by atoms with Gasteiger partial charge in [-0.15, -0.1) is 0 Å². The van der Waals surface area contributed by atoms with Crippen molar-refractivity contribution in [3.63, 3.8) is 0 Å². The summed E-state index contributed by atoms with van der Waals surface area (Å²) in [5.41, 5.74) is 7.23. The van der Waals surface area contributed by atoms with Crippen LogP contribution in [0.4, 0.5) is 11.4 Å². The molecule has 0 saturated heterocycles. The van der Waals surface area contributed by atoms with Crippen LogP contribution >= 0.6 is 0 Å². The molecule has 1 N–H and O–H groups in total. The number of hydrogen-bond acceptors (Lipinski definition) is 2. The first-order chi connectivity index (χ1) is 15.3. The predicted octanol–water partition coefficient (Wildman–Crippen LogP) is 6.65. The number of aliphatic carboxylic acids is 1. The number of carbonyl (C=O) groups is 1. The number of aryl methyl sites for hydroxylation is 2. The van der Waals surface area contributed by atoms with E-state index in [2.05, 4.69) is 111 Å². The number of benzene rings is 2. The third-order valence-corrected chi connectivity index (χ3v) is 5.79. The van der Waals surface area contributed by atoms with Crippen molar-refractivity contribution >= 4 is 23.1 Å². The highest BCUT2D eigenvalue weighted by Gasteiger charge is 2.11. The average Bonchev–Trinajstić information content (AvgIpc) is 2.76. The fourth-order valence-electron chi connectivity index (χ4n) is 3.73. The minimum atomic E-state index is -0.718. The van der Waals surface area contributed by atoms with Crippen LogP contribution in [-0.4, -0.2) is 35.0 Å². The van der Waals surface area contributed by atoms with E-state index in [9.17, 15) is 4.79 Å². The Labute approximate surface area is 193 Å². The summed E-state index contributed by atoms with van der Waals surface area (Å²) in [7, 11) is 2.09. The normalized spacial score (nSPS) is 12.7. The molecule has 0 atom stereocenters. The highest BCUT2D eigenvalue weighted by molar-refractivity contribution is 5.89. The molecule has 0 aliphatic rings. The van der Waals surface area contributed by atoms with Crippen molar-refractivity contribution in [1.29, 1.82) is 0 Å². The fourth-order valence-corrected chi connectivity index (χ4v) is 3.73. The van der Waals surface area contributed by atoms with E-state index in [-0.39, 0.29) is 6.42 Å². The maximum absolute atomic E-state index is 10.8. The van der Waals surface area contributed by atoms with Crippen LogP contribution in [-0.2, 0) is 4.79 Å². The number of allylic oxidation sites excluding steroid dienone is 4. The molecular formula is C28H37N2O2+. The lowest BCUT2D eigenvalue weighted by atomic mass is 10.1. The van der Waals surface area contributed by atoms with E-state index in [0.717, 1.165) is 25.8 Å². The Morgan fingerprint density at radius 3 is 2.28 bits per heavy atom.